The third-order valence-corrected chi connectivity index (χ3v) is 5.48. The fourth-order valence-electron chi connectivity index (χ4n) is 3.80. The normalized spacial score (nSPS) is 11.8. The minimum atomic E-state index is -0.333. The maximum absolute atomic E-state index is 13.7. The van der Waals surface area contributed by atoms with Gasteiger partial charge in [-0.05, 0) is 67.4 Å². The van der Waals surface area contributed by atoms with Gasteiger partial charge in [0, 0.05) is 27.8 Å². The lowest BCUT2D eigenvalue weighted by molar-refractivity contribution is -0.121. The minimum Gasteiger partial charge on any atom is -0.358 e. The summed E-state index contributed by atoms with van der Waals surface area (Å²) in [5, 5.41) is 6.60. The lowest BCUT2D eigenvalue weighted by Crippen LogP contribution is -2.28. The second kappa shape index (κ2) is 9.06. The van der Waals surface area contributed by atoms with Gasteiger partial charge in [-0.1, -0.05) is 30.3 Å². The monoisotopic (exact) mass is 429 g/mol. The van der Waals surface area contributed by atoms with E-state index in [9.17, 15) is 14.0 Å². The number of aromatic amines is 1. The van der Waals surface area contributed by atoms with Gasteiger partial charge in [-0.2, -0.15) is 0 Å². The summed E-state index contributed by atoms with van der Waals surface area (Å²) in [5.74, 6) is -0.688. The Balaban J connectivity index is 1.44. The van der Waals surface area contributed by atoms with Crippen LogP contribution in [0.2, 0.25) is 0 Å². The number of fused-ring (bicyclic) bond motifs is 1. The first kappa shape index (κ1) is 21.3. The van der Waals surface area contributed by atoms with Crippen molar-refractivity contribution < 1.29 is 14.0 Å². The molecule has 1 heterocycles. The van der Waals surface area contributed by atoms with E-state index in [0.29, 0.717) is 11.3 Å². The highest BCUT2D eigenvalue weighted by atomic mass is 19.1. The molecule has 0 aliphatic rings. The fourth-order valence-corrected chi connectivity index (χ4v) is 3.80. The third-order valence-electron chi connectivity index (χ3n) is 5.48. The molecular formula is C26H24FN3O2. The summed E-state index contributed by atoms with van der Waals surface area (Å²) < 4.78 is 13.7. The first-order valence-corrected chi connectivity index (χ1v) is 10.4. The summed E-state index contributed by atoms with van der Waals surface area (Å²) in [6.07, 6.45) is 0.143. The number of benzene rings is 3. The zero-order chi connectivity index (χ0) is 22.7. The van der Waals surface area contributed by atoms with Gasteiger partial charge in [0.25, 0.3) is 5.91 Å². The molecule has 0 aliphatic heterocycles. The van der Waals surface area contributed by atoms with Crippen LogP contribution in [0, 0.1) is 12.7 Å². The molecule has 1 unspecified atom stereocenters. The molecule has 0 saturated carbocycles. The molecule has 162 valence electrons. The van der Waals surface area contributed by atoms with Gasteiger partial charge >= 0.3 is 0 Å². The van der Waals surface area contributed by atoms with Crippen molar-refractivity contribution in [2.24, 2.45) is 0 Å². The van der Waals surface area contributed by atoms with Gasteiger partial charge < -0.3 is 15.6 Å². The summed E-state index contributed by atoms with van der Waals surface area (Å²) in [7, 11) is 0. The number of rotatable bonds is 6. The molecule has 0 fully saturated rings. The fraction of sp³-hybridized carbons (Fsp3) is 0.154. The molecule has 6 heteroatoms. The van der Waals surface area contributed by atoms with E-state index >= 15 is 0 Å². The highest BCUT2D eigenvalue weighted by molar-refractivity contribution is 6.04. The van der Waals surface area contributed by atoms with Crippen LogP contribution in [-0.4, -0.2) is 16.8 Å². The Morgan fingerprint density at radius 2 is 1.78 bits per heavy atom. The number of aryl methyl sites for hydroxylation is 1. The van der Waals surface area contributed by atoms with Gasteiger partial charge in [0.1, 0.15) is 5.82 Å². The molecule has 2 amide bonds. The molecule has 0 saturated heterocycles. The van der Waals surface area contributed by atoms with Crippen molar-refractivity contribution in [1.82, 2.24) is 10.3 Å². The van der Waals surface area contributed by atoms with Gasteiger partial charge in [0.2, 0.25) is 5.91 Å². The van der Waals surface area contributed by atoms with Gasteiger partial charge in [0.05, 0.1) is 12.5 Å². The Morgan fingerprint density at radius 3 is 2.56 bits per heavy atom. The first-order chi connectivity index (χ1) is 15.4. The summed E-state index contributed by atoms with van der Waals surface area (Å²) in [6.45, 7) is 3.76. The quantitative estimate of drug-likeness (QED) is 0.390. The lowest BCUT2D eigenvalue weighted by Gasteiger charge is -2.16. The second-order valence-electron chi connectivity index (χ2n) is 7.83. The van der Waals surface area contributed by atoms with E-state index in [-0.39, 0.29) is 30.1 Å². The zero-order valence-corrected chi connectivity index (χ0v) is 17.9. The molecule has 4 rings (SSSR count). The van der Waals surface area contributed by atoms with Crippen LogP contribution in [0.3, 0.4) is 0 Å². The first-order valence-electron chi connectivity index (χ1n) is 10.4. The summed E-state index contributed by atoms with van der Waals surface area (Å²) in [6, 6.07) is 20.6. The van der Waals surface area contributed by atoms with E-state index in [1.54, 1.807) is 18.2 Å². The lowest BCUT2D eigenvalue weighted by atomic mass is 10.0. The third kappa shape index (κ3) is 4.70. The maximum Gasteiger partial charge on any atom is 0.255 e. The van der Waals surface area contributed by atoms with Gasteiger partial charge in [-0.3, -0.25) is 9.59 Å². The van der Waals surface area contributed by atoms with E-state index in [0.717, 1.165) is 27.7 Å². The Bertz CT molecular complexity index is 1280. The van der Waals surface area contributed by atoms with Crippen molar-refractivity contribution >= 4 is 28.4 Å². The van der Waals surface area contributed by atoms with Crippen LogP contribution in [0.5, 0.6) is 0 Å². The number of carbonyl (C=O) groups is 2. The number of halogens is 1. The predicted octanol–water partition coefficient (Wildman–Crippen LogP) is 5.29. The molecule has 0 aliphatic carbocycles. The Hall–Kier alpha value is -3.93. The second-order valence-corrected chi connectivity index (χ2v) is 7.83. The smallest absolute Gasteiger partial charge is 0.255 e. The molecule has 5 nitrogen and oxygen atoms in total. The van der Waals surface area contributed by atoms with E-state index in [1.165, 1.54) is 12.1 Å². The van der Waals surface area contributed by atoms with Crippen molar-refractivity contribution in [3.63, 3.8) is 0 Å². The topological polar surface area (TPSA) is 74.0 Å². The standard InChI is InChI=1S/C26H24FN3O2/c1-16(19-9-6-10-21(13-19)30-26(32)18-7-4-3-5-8-18)29-25(31)15-22-17(2)28-24-12-11-20(27)14-23(22)24/h3-14,16,28H,15H2,1-2H3,(H,29,31)(H,30,32). The highest BCUT2D eigenvalue weighted by Crippen LogP contribution is 2.24. The average molecular weight is 429 g/mol. The van der Waals surface area contributed by atoms with Gasteiger partial charge in [-0.15, -0.1) is 0 Å². The number of nitrogens with one attached hydrogen (secondary N) is 3. The molecule has 3 N–H and O–H groups in total. The van der Waals surface area contributed by atoms with Crippen molar-refractivity contribution in [2.45, 2.75) is 26.3 Å². The Morgan fingerprint density at radius 1 is 1.00 bits per heavy atom. The molecule has 1 aromatic heterocycles. The zero-order valence-electron chi connectivity index (χ0n) is 17.9. The Labute approximate surface area is 185 Å². The number of amides is 2. The summed E-state index contributed by atoms with van der Waals surface area (Å²) >= 11 is 0. The van der Waals surface area contributed by atoms with E-state index in [1.807, 2.05) is 56.3 Å². The van der Waals surface area contributed by atoms with Crippen LogP contribution in [0.4, 0.5) is 10.1 Å². The van der Waals surface area contributed by atoms with E-state index in [2.05, 4.69) is 15.6 Å². The predicted molar refractivity (Wildman–Crippen MR) is 124 cm³/mol. The number of hydrogen-bond acceptors (Lipinski definition) is 2. The SMILES string of the molecule is Cc1[nH]c2ccc(F)cc2c1CC(=O)NC(C)c1cccc(NC(=O)c2ccccc2)c1. The molecule has 1 atom stereocenters. The maximum atomic E-state index is 13.7. The molecule has 32 heavy (non-hydrogen) atoms. The number of hydrogen-bond donors (Lipinski definition) is 3. The summed E-state index contributed by atoms with van der Waals surface area (Å²) in [4.78, 5) is 28.3. The van der Waals surface area contributed by atoms with Crippen molar-refractivity contribution in [2.75, 3.05) is 5.32 Å². The number of anilines is 1. The average Bonchev–Trinajstić information content (AvgIpc) is 3.08. The van der Waals surface area contributed by atoms with Crippen molar-refractivity contribution in [3.8, 4) is 0 Å². The number of aromatic nitrogens is 1. The van der Waals surface area contributed by atoms with Crippen LogP contribution in [0.1, 0.15) is 40.1 Å². The molecule has 0 radical (unpaired) electrons. The van der Waals surface area contributed by atoms with Gasteiger partial charge in [-0.25, -0.2) is 4.39 Å². The number of H-pyrrole nitrogens is 1. The van der Waals surface area contributed by atoms with Crippen molar-refractivity contribution in [3.05, 3.63) is 101 Å². The van der Waals surface area contributed by atoms with Gasteiger partial charge in [0.15, 0.2) is 0 Å². The molecule has 0 spiro atoms. The number of carbonyl (C=O) groups excluding carboxylic acids is 2. The Kier molecular flexibility index (Phi) is 6.03. The molecule has 3 aromatic carbocycles. The largest absolute Gasteiger partial charge is 0.358 e. The van der Waals surface area contributed by atoms with E-state index < -0.39 is 0 Å². The van der Waals surface area contributed by atoms with Crippen LogP contribution in [0.15, 0.2) is 72.8 Å². The van der Waals surface area contributed by atoms with Crippen LogP contribution in [-0.2, 0) is 11.2 Å². The van der Waals surface area contributed by atoms with Crippen LogP contribution in [0.25, 0.3) is 10.9 Å². The van der Waals surface area contributed by atoms with Crippen LogP contribution < -0.4 is 10.6 Å². The summed E-state index contributed by atoms with van der Waals surface area (Å²) in [5.41, 5.74) is 4.53. The van der Waals surface area contributed by atoms with Crippen LogP contribution >= 0.6 is 0 Å². The van der Waals surface area contributed by atoms with E-state index in [4.69, 9.17) is 0 Å². The minimum absolute atomic E-state index is 0.143. The molecular weight excluding hydrogens is 405 g/mol. The highest BCUT2D eigenvalue weighted by Gasteiger charge is 2.16. The molecule has 4 aromatic rings. The molecule has 0 bridgehead atoms. The van der Waals surface area contributed by atoms with Crippen molar-refractivity contribution in [1.29, 1.82) is 0 Å².